The monoisotopic (exact) mass is 306 g/mol. The molecule has 0 radical (unpaired) electrons. The first kappa shape index (κ1) is 15.9. The van der Waals surface area contributed by atoms with Gasteiger partial charge in [-0.15, -0.1) is 11.8 Å². The number of hydrogen-bond donors (Lipinski definition) is 2. The van der Waals surface area contributed by atoms with Gasteiger partial charge in [0, 0.05) is 6.42 Å². The molecule has 2 unspecified atom stereocenters. The van der Waals surface area contributed by atoms with Crippen LogP contribution in [0.1, 0.15) is 25.8 Å². The minimum absolute atomic E-state index is 0.0535. The molecule has 1 aliphatic heterocycles. The Morgan fingerprint density at radius 2 is 2.24 bits per heavy atom. The number of amides is 1. The molecule has 0 spiro atoms. The molecule has 2 atom stereocenters. The quantitative estimate of drug-likeness (QED) is 0.840. The molecule has 0 aromatic heterocycles. The number of methoxy groups -OCH3 is 1. The molecule has 1 aromatic rings. The maximum absolute atomic E-state index is 11.4. The smallest absolute Gasteiger partial charge is 0.234 e. The zero-order chi connectivity index (χ0) is 15.4. The van der Waals surface area contributed by atoms with E-state index in [1.807, 2.05) is 18.4 Å². The third-order valence-corrected chi connectivity index (χ3v) is 4.60. The van der Waals surface area contributed by atoms with E-state index >= 15 is 0 Å². The number of thioether (sulfide) groups is 1. The van der Waals surface area contributed by atoms with E-state index in [-0.39, 0.29) is 17.9 Å². The third-order valence-electron chi connectivity index (χ3n) is 3.75. The normalized spacial score (nSPS) is 22.9. The van der Waals surface area contributed by atoms with Gasteiger partial charge in [-0.05, 0) is 30.7 Å². The zero-order valence-electron chi connectivity index (χ0n) is 12.9. The minimum atomic E-state index is 0.0535. The van der Waals surface area contributed by atoms with Crippen LogP contribution in [-0.4, -0.2) is 25.3 Å². The van der Waals surface area contributed by atoms with Crippen LogP contribution in [0.4, 0.5) is 0 Å². The van der Waals surface area contributed by atoms with Gasteiger partial charge in [-0.25, -0.2) is 5.43 Å². The molecule has 0 saturated carbocycles. The number of nitrogens with one attached hydrogen (secondary N) is 2. The van der Waals surface area contributed by atoms with Crippen LogP contribution in [-0.2, 0) is 4.79 Å². The van der Waals surface area contributed by atoms with Crippen LogP contribution in [0.25, 0.3) is 6.08 Å². The molecule has 4 nitrogen and oxygen atoms in total. The van der Waals surface area contributed by atoms with Crippen LogP contribution in [0.5, 0.6) is 5.75 Å². The van der Waals surface area contributed by atoms with Crippen molar-refractivity contribution in [1.82, 2.24) is 10.9 Å². The van der Waals surface area contributed by atoms with Gasteiger partial charge in [0.15, 0.2) is 0 Å². The van der Waals surface area contributed by atoms with Crippen molar-refractivity contribution in [2.45, 2.75) is 31.2 Å². The summed E-state index contributed by atoms with van der Waals surface area (Å²) in [7, 11) is 1.69. The van der Waals surface area contributed by atoms with Crippen molar-refractivity contribution >= 4 is 23.7 Å². The fourth-order valence-electron chi connectivity index (χ4n) is 2.69. The zero-order valence-corrected chi connectivity index (χ0v) is 13.7. The molecule has 1 amide bonds. The number of rotatable bonds is 4. The molecular formula is C16H22N2O2S. The predicted octanol–water partition coefficient (Wildman–Crippen LogP) is 2.85. The van der Waals surface area contributed by atoms with Crippen LogP contribution in [0.15, 0.2) is 28.7 Å². The number of carbonyl (C=O) groups is 1. The Morgan fingerprint density at radius 1 is 1.48 bits per heavy atom. The van der Waals surface area contributed by atoms with E-state index in [2.05, 4.69) is 36.8 Å². The molecule has 2 rings (SSSR count). The van der Waals surface area contributed by atoms with Crippen LogP contribution >= 0.6 is 11.8 Å². The van der Waals surface area contributed by atoms with Gasteiger partial charge in [-0.3, -0.25) is 10.2 Å². The van der Waals surface area contributed by atoms with Gasteiger partial charge in [0.2, 0.25) is 5.91 Å². The van der Waals surface area contributed by atoms with E-state index in [4.69, 9.17) is 4.74 Å². The van der Waals surface area contributed by atoms with Crippen LogP contribution in [0.2, 0.25) is 0 Å². The maximum Gasteiger partial charge on any atom is 0.234 e. The molecule has 1 aliphatic rings. The summed E-state index contributed by atoms with van der Waals surface area (Å²) < 4.78 is 5.42. The molecule has 5 heteroatoms. The minimum Gasteiger partial charge on any atom is -0.496 e. The first-order valence-corrected chi connectivity index (χ1v) is 8.22. The van der Waals surface area contributed by atoms with Crippen molar-refractivity contribution < 1.29 is 9.53 Å². The number of ether oxygens (including phenoxy) is 1. The molecule has 114 valence electrons. The van der Waals surface area contributed by atoms with Crippen molar-refractivity contribution in [2.24, 2.45) is 5.92 Å². The van der Waals surface area contributed by atoms with Crippen LogP contribution in [0, 0.1) is 5.92 Å². The van der Waals surface area contributed by atoms with Gasteiger partial charge in [-0.2, -0.15) is 0 Å². The number of hydrazine groups is 1. The Bertz CT molecular complexity index is 557. The summed E-state index contributed by atoms with van der Waals surface area (Å²) in [6.07, 6.45) is 4.77. The third kappa shape index (κ3) is 3.60. The summed E-state index contributed by atoms with van der Waals surface area (Å²) >= 11 is 1.68. The lowest BCUT2D eigenvalue weighted by Crippen LogP contribution is -2.53. The molecule has 21 heavy (non-hydrogen) atoms. The van der Waals surface area contributed by atoms with Crippen molar-refractivity contribution in [3.8, 4) is 5.75 Å². The Labute approximate surface area is 130 Å². The second-order valence-electron chi connectivity index (χ2n) is 5.32. The van der Waals surface area contributed by atoms with Crippen molar-refractivity contribution in [1.29, 1.82) is 0 Å². The Hall–Kier alpha value is -1.46. The van der Waals surface area contributed by atoms with Crippen LogP contribution in [0.3, 0.4) is 0 Å². The Morgan fingerprint density at radius 3 is 2.86 bits per heavy atom. The predicted molar refractivity (Wildman–Crippen MR) is 87.3 cm³/mol. The van der Waals surface area contributed by atoms with E-state index in [0.29, 0.717) is 6.42 Å². The fraction of sp³-hybridized carbons (Fsp3) is 0.438. The van der Waals surface area contributed by atoms with Gasteiger partial charge >= 0.3 is 0 Å². The molecular weight excluding hydrogens is 284 g/mol. The summed E-state index contributed by atoms with van der Waals surface area (Å²) in [6.45, 7) is 4.18. The maximum atomic E-state index is 11.4. The number of hydrogen-bond acceptors (Lipinski definition) is 4. The second kappa shape index (κ2) is 7.00. The van der Waals surface area contributed by atoms with Gasteiger partial charge in [0.25, 0.3) is 0 Å². The van der Waals surface area contributed by atoms with E-state index < -0.39 is 0 Å². The van der Waals surface area contributed by atoms with Gasteiger partial charge in [-0.1, -0.05) is 30.7 Å². The highest BCUT2D eigenvalue weighted by atomic mass is 32.2. The highest BCUT2D eigenvalue weighted by Gasteiger charge is 2.26. The molecule has 0 aliphatic carbocycles. The Balaban J connectivity index is 2.28. The fourth-order valence-corrected chi connectivity index (χ4v) is 3.40. The molecule has 2 N–H and O–H groups in total. The standard InChI is InChI=1S/C16H22N2O2S/c1-10(15-11(2)9-14(19)17-18-15)8-12-6-5-7-13(20-3)16(12)21-4/h5-8,11,15,18H,9H2,1-4H3,(H,17,19)/b10-8+. The van der Waals surface area contributed by atoms with Gasteiger partial charge < -0.3 is 4.74 Å². The van der Waals surface area contributed by atoms with Crippen LogP contribution < -0.4 is 15.6 Å². The molecule has 1 saturated heterocycles. The SMILES string of the molecule is COc1cccc(/C=C(\C)C2NNC(=O)CC2C)c1SC. The lowest BCUT2D eigenvalue weighted by Gasteiger charge is -2.31. The molecule has 1 fully saturated rings. The average Bonchev–Trinajstić information content (AvgIpc) is 2.46. The highest BCUT2D eigenvalue weighted by Crippen LogP contribution is 2.33. The van der Waals surface area contributed by atoms with E-state index in [1.165, 1.54) is 5.57 Å². The van der Waals surface area contributed by atoms with E-state index in [9.17, 15) is 4.79 Å². The van der Waals surface area contributed by atoms with Crippen molar-refractivity contribution in [2.75, 3.05) is 13.4 Å². The summed E-state index contributed by atoms with van der Waals surface area (Å²) in [6, 6.07) is 6.21. The molecule has 1 aromatic carbocycles. The van der Waals surface area contributed by atoms with Gasteiger partial charge in [0.05, 0.1) is 18.0 Å². The van der Waals surface area contributed by atoms with E-state index in [0.717, 1.165) is 16.2 Å². The summed E-state index contributed by atoms with van der Waals surface area (Å²) in [4.78, 5) is 12.5. The largest absolute Gasteiger partial charge is 0.496 e. The lowest BCUT2D eigenvalue weighted by molar-refractivity contribution is -0.125. The first-order chi connectivity index (χ1) is 10.1. The second-order valence-corrected chi connectivity index (χ2v) is 6.14. The van der Waals surface area contributed by atoms with Crippen molar-refractivity contribution in [3.63, 3.8) is 0 Å². The first-order valence-electron chi connectivity index (χ1n) is 7.00. The van der Waals surface area contributed by atoms with E-state index in [1.54, 1.807) is 18.9 Å². The Kier molecular flexibility index (Phi) is 5.31. The summed E-state index contributed by atoms with van der Waals surface area (Å²) in [5.41, 5.74) is 8.16. The molecule has 0 bridgehead atoms. The molecule has 1 heterocycles. The number of benzene rings is 1. The lowest BCUT2D eigenvalue weighted by atomic mass is 9.90. The number of carbonyl (C=O) groups excluding carboxylic acids is 1. The van der Waals surface area contributed by atoms with Crippen molar-refractivity contribution in [3.05, 3.63) is 29.3 Å². The highest BCUT2D eigenvalue weighted by molar-refractivity contribution is 7.98. The average molecular weight is 306 g/mol. The topological polar surface area (TPSA) is 50.4 Å². The summed E-state index contributed by atoms with van der Waals surface area (Å²) in [5, 5.41) is 0. The summed E-state index contributed by atoms with van der Waals surface area (Å²) in [5.74, 6) is 1.22. The van der Waals surface area contributed by atoms with Gasteiger partial charge in [0.1, 0.15) is 5.75 Å².